The van der Waals surface area contributed by atoms with Gasteiger partial charge in [0.2, 0.25) is 5.91 Å². The molecule has 0 aromatic heterocycles. The number of rotatable bonds is 4. The average molecular weight is 278 g/mol. The molecule has 0 bridgehead atoms. The van der Waals surface area contributed by atoms with Crippen molar-refractivity contribution in [3.63, 3.8) is 0 Å². The number of likely N-dealkylation sites (N-methyl/N-ethyl adjacent to an activating group) is 1. The van der Waals surface area contributed by atoms with Gasteiger partial charge in [0.05, 0.1) is 5.41 Å². The molecule has 3 heteroatoms. The fourth-order valence-electron chi connectivity index (χ4n) is 3.15. The van der Waals surface area contributed by atoms with Gasteiger partial charge in [-0.3, -0.25) is 4.79 Å². The van der Waals surface area contributed by atoms with Crippen LogP contribution in [0.1, 0.15) is 31.2 Å². The van der Waals surface area contributed by atoms with Gasteiger partial charge in [-0.25, -0.2) is 0 Å². The molecule has 2 fully saturated rings. The standard InChI is InChI=1S/C16H20ClNO/c1-18(11-12-9-14(17)10-12)15(19)16(7-8-16)13-5-3-2-4-6-13/h2-6,12,14H,7-11H2,1H3. The Bertz CT molecular complexity index is 463. The molecule has 0 aliphatic heterocycles. The molecule has 0 heterocycles. The molecule has 1 aromatic rings. The van der Waals surface area contributed by atoms with Crippen LogP contribution in [0.5, 0.6) is 0 Å². The zero-order valence-corrected chi connectivity index (χ0v) is 12.1. The molecule has 102 valence electrons. The van der Waals surface area contributed by atoms with Gasteiger partial charge in [0.25, 0.3) is 0 Å². The van der Waals surface area contributed by atoms with E-state index in [1.165, 1.54) is 5.56 Å². The van der Waals surface area contributed by atoms with Crippen molar-refractivity contribution in [3.05, 3.63) is 35.9 Å². The van der Waals surface area contributed by atoms with Crippen LogP contribution in [0.2, 0.25) is 0 Å². The smallest absolute Gasteiger partial charge is 0.232 e. The summed E-state index contributed by atoms with van der Waals surface area (Å²) in [5.74, 6) is 0.889. The highest BCUT2D eigenvalue weighted by atomic mass is 35.5. The van der Waals surface area contributed by atoms with Crippen LogP contribution in [0, 0.1) is 5.92 Å². The maximum atomic E-state index is 12.7. The van der Waals surface area contributed by atoms with E-state index in [1.807, 2.05) is 30.1 Å². The lowest BCUT2D eigenvalue weighted by atomic mass is 9.84. The van der Waals surface area contributed by atoms with Gasteiger partial charge in [0.1, 0.15) is 0 Å². The summed E-state index contributed by atoms with van der Waals surface area (Å²) >= 11 is 6.00. The Kier molecular flexibility index (Phi) is 3.30. The highest BCUT2D eigenvalue weighted by molar-refractivity contribution is 6.21. The van der Waals surface area contributed by atoms with Crippen LogP contribution in [0.3, 0.4) is 0 Å². The summed E-state index contributed by atoms with van der Waals surface area (Å²) < 4.78 is 0. The predicted octanol–water partition coefficient (Wildman–Crippen LogP) is 3.19. The Morgan fingerprint density at radius 2 is 1.95 bits per heavy atom. The maximum absolute atomic E-state index is 12.7. The SMILES string of the molecule is CN(CC1CC(Cl)C1)C(=O)C1(c2ccccc2)CC1. The van der Waals surface area contributed by atoms with Gasteiger partial charge in [-0.1, -0.05) is 30.3 Å². The van der Waals surface area contributed by atoms with Crippen LogP contribution >= 0.6 is 11.6 Å². The number of benzene rings is 1. The van der Waals surface area contributed by atoms with Crippen LogP contribution in [0.25, 0.3) is 0 Å². The fraction of sp³-hybridized carbons (Fsp3) is 0.562. The summed E-state index contributed by atoms with van der Waals surface area (Å²) in [6.45, 7) is 0.858. The van der Waals surface area contributed by atoms with Crippen molar-refractivity contribution in [1.82, 2.24) is 4.90 Å². The van der Waals surface area contributed by atoms with Gasteiger partial charge in [-0.15, -0.1) is 11.6 Å². The number of hydrogen-bond donors (Lipinski definition) is 0. The number of amides is 1. The minimum atomic E-state index is -0.222. The molecule has 0 N–H and O–H groups in total. The third-order valence-corrected chi connectivity index (χ3v) is 4.90. The third kappa shape index (κ3) is 2.38. The van der Waals surface area contributed by atoms with E-state index >= 15 is 0 Å². The topological polar surface area (TPSA) is 20.3 Å². The Balaban J connectivity index is 1.66. The van der Waals surface area contributed by atoms with Crippen molar-refractivity contribution >= 4 is 17.5 Å². The van der Waals surface area contributed by atoms with E-state index in [9.17, 15) is 4.79 Å². The first-order chi connectivity index (χ1) is 9.12. The summed E-state index contributed by atoms with van der Waals surface area (Å²) in [6.07, 6.45) is 4.08. The number of halogens is 1. The van der Waals surface area contributed by atoms with Gasteiger partial charge in [-0.2, -0.15) is 0 Å². The van der Waals surface area contributed by atoms with E-state index < -0.39 is 0 Å². The largest absolute Gasteiger partial charge is 0.345 e. The lowest BCUT2D eigenvalue weighted by Crippen LogP contribution is -2.42. The zero-order chi connectivity index (χ0) is 13.5. The first-order valence-corrected chi connectivity index (χ1v) is 7.50. The van der Waals surface area contributed by atoms with Crippen molar-refractivity contribution in [3.8, 4) is 0 Å². The second-order valence-electron chi connectivity index (χ2n) is 6.07. The van der Waals surface area contributed by atoms with Crippen LogP contribution in [0.4, 0.5) is 0 Å². The highest BCUT2D eigenvalue weighted by Crippen LogP contribution is 2.49. The van der Waals surface area contributed by atoms with Crippen molar-refractivity contribution < 1.29 is 4.79 Å². The number of carbonyl (C=O) groups excluding carboxylic acids is 1. The molecule has 2 nitrogen and oxygen atoms in total. The number of nitrogens with zero attached hydrogens (tertiary/aromatic N) is 1. The molecule has 0 saturated heterocycles. The summed E-state index contributed by atoms with van der Waals surface area (Å²) in [5.41, 5.74) is 0.954. The quantitative estimate of drug-likeness (QED) is 0.774. The van der Waals surface area contributed by atoms with E-state index in [-0.39, 0.29) is 11.3 Å². The van der Waals surface area contributed by atoms with E-state index in [4.69, 9.17) is 11.6 Å². The summed E-state index contributed by atoms with van der Waals surface area (Å²) in [7, 11) is 1.94. The number of hydrogen-bond acceptors (Lipinski definition) is 1. The Hall–Kier alpha value is -1.02. The molecular weight excluding hydrogens is 258 g/mol. The molecule has 2 aliphatic rings. The Morgan fingerprint density at radius 3 is 2.47 bits per heavy atom. The van der Waals surface area contributed by atoms with Crippen molar-refractivity contribution in [1.29, 1.82) is 0 Å². The zero-order valence-electron chi connectivity index (χ0n) is 11.3. The maximum Gasteiger partial charge on any atom is 0.232 e. The Morgan fingerprint density at radius 1 is 1.32 bits per heavy atom. The number of carbonyl (C=O) groups is 1. The number of alkyl halides is 1. The molecule has 19 heavy (non-hydrogen) atoms. The fourth-order valence-corrected chi connectivity index (χ4v) is 3.65. The van der Waals surface area contributed by atoms with Gasteiger partial charge < -0.3 is 4.90 Å². The average Bonchev–Trinajstić information content (AvgIpc) is 3.18. The molecule has 0 radical (unpaired) electrons. The summed E-state index contributed by atoms with van der Waals surface area (Å²) in [5, 5.41) is 0.331. The predicted molar refractivity (Wildman–Crippen MR) is 77.4 cm³/mol. The Labute approximate surface area is 119 Å². The molecule has 1 aromatic carbocycles. The molecule has 1 amide bonds. The van der Waals surface area contributed by atoms with E-state index in [2.05, 4.69) is 12.1 Å². The van der Waals surface area contributed by atoms with Gasteiger partial charge in [0.15, 0.2) is 0 Å². The summed E-state index contributed by atoms with van der Waals surface area (Å²) in [4.78, 5) is 14.6. The molecular formula is C16H20ClNO. The third-order valence-electron chi connectivity index (χ3n) is 4.54. The van der Waals surface area contributed by atoms with Crippen LogP contribution in [-0.2, 0) is 10.2 Å². The van der Waals surface area contributed by atoms with Crippen molar-refractivity contribution in [2.75, 3.05) is 13.6 Å². The molecule has 2 aliphatic carbocycles. The van der Waals surface area contributed by atoms with E-state index in [0.717, 1.165) is 32.2 Å². The van der Waals surface area contributed by atoms with Gasteiger partial charge in [-0.05, 0) is 37.2 Å². The van der Waals surface area contributed by atoms with Gasteiger partial charge >= 0.3 is 0 Å². The minimum Gasteiger partial charge on any atom is -0.345 e. The summed E-state index contributed by atoms with van der Waals surface area (Å²) in [6, 6.07) is 10.2. The minimum absolute atomic E-state index is 0.222. The first kappa shape index (κ1) is 13.0. The normalized spacial score (nSPS) is 27.5. The van der Waals surface area contributed by atoms with Crippen molar-refractivity contribution in [2.24, 2.45) is 5.92 Å². The first-order valence-electron chi connectivity index (χ1n) is 7.07. The van der Waals surface area contributed by atoms with Crippen LogP contribution < -0.4 is 0 Å². The molecule has 0 atom stereocenters. The lowest BCUT2D eigenvalue weighted by molar-refractivity contribution is -0.133. The van der Waals surface area contributed by atoms with Crippen molar-refractivity contribution in [2.45, 2.75) is 36.5 Å². The second kappa shape index (κ2) is 4.82. The molecule has 0 unspecified atom stereocenters. The highest BCUT2D eigenvalue weighted by Gasteiger charge is 2.52. The van der Waals surface area contributed by atoms with Crippen LogP contribution in [0.15, 0.2) is 30.3 Å². The molecule has 2 saturated carbocycles. The second-order valence-corrected chi connectivity index (χ2v) is 6.69. The van der Waals surface area contributed by atoms with Crippen LogP contribution in [-0.4, -0.2) is 29.8 Å². The monoisotopic (exact) mass is 277 g/mol. The van der Waals surface area contributed by atoms with E-state index in [1.54, 1.807) is 0 Å². The van der Waals surface area contributed by atoms with E-state index in [0.29, 0.717) is 11.3 Å². The molecule has 0 spiro atoms. The van der Waals surface area contributed by atoms with Gasteiger partial charge in [0, 0.05) is 19.0 Å². The molecule has 3 rings (SSSR count). The lowest BCUT2D eigenvalue weighted by Gasteiger charge is -2.35.